The second-order valence-corrected chi connectivity index (χ2v) is 3.99. The zero-order valence-corrected chi connectivity index (χ0v) is 8.58. The van der Waals surface area contributed by atoms with E-state index in [1.54, 1.807) is 0 Å². The maximum atomic E-state index is 11.2. The standard InChI is InChI=1S/C9H16N4O2/c14-8-11-12-9(15)13(8)6-3-7-1-4-10-5-2-7/h7,10H,1-6H2,(H,11,14)(H,12,15). The minimum atomic E-state index is -0.339. The summed E-state index contributed by atoms with van der Waals surface area (Å²) in [6, 6.07) is 0. The van der Waals surface area contributed by atoms with Gasteiger partial charge in [0.05, 0.1) is 0 Å². The van der Waals surface area contributed by atoms with Gasteiger partial charge in [0.25, 0.3) is 0 Å². The van der Waals surface area contributed by atoms with Crippen molar-refractivity contribution >= 4 is 0 Å². The minimum Gasteiger partial charge on any atom is -0.317 e. The zero-order chi connectivity index (χ0) is 10.7. The Kier molecular flexibility index (Phi) is 3.05. The van der Waals surface area contributed by atoms with E-state index in [-0.39, 0.29) is 11.4 Å². The maximum absolute atomic E-state index is 11.2. The van der Waals surface area contributed by atoms with E-state index in [9.17, 15) is 9.59 Å². The Labute approximate surface area is 86.7 Å². The molecule has 0 aromatic carbocycles. The average molecular weight is 212 g/mol. The Hall–Kier alpha value is -1.30. The lowest BCUT2D eigenvalue weighted by Gasteiger charge is -2.22. The summed E-state index contributed by atoms with van der Waals surface area (Å²) < 4.78 is 1.22. The molecule has 1 saturated heterocycles. The normalized spacial score (nSPS) is 18.1. The molecule has 15 heavy (non-hydrogen) atoms. The SMILES string of the molecule is O=c1[nH][nH]c(=O)n1CCC1CCNCC1. The molecule has 0 bridgehead atoms. The lowest BCUT2D eigenvalue weighted by molar-refractivity contribution is 0.335. The van der Waals surface area contributed by atoms with E-state index in [2.05, 4.69) is 15.5 Å². The molecule has 0 aliphatic carbocycles. The van der Waals surface area contributed by atoms with Gasteiger partial charge in [-0.05, 0) is 38.3 Å². The minimum absolute atomic E-state index is 0.339. The first-order valence-electron chi connectivity index (χ1n) is 5.35. The van der Waals surface area contributed by atoms with Crippen LogP contribution >= 0.6 is 0 Å². The molecule has 0 unspecified atom stereocenters. The fraction of sp³-hybridized carbons (Fsp3) is 0.778. The third kappa shape index (κ3) is 2.38. The molecule has 2 heterocycles. The van der Waals surface area contributed by atoms with Crippen LogP contribution in [-0.4, -0.2) is 27.9 Å². The summed E-state index contributed by atoms with van der Waals surface area (Å²) in [6.45, 7) is 2.61. The number of hydrogen-bond donors (Lipinski definition) is 3. The zero-order valence-electron chi connectivity index (χ0n) is 8.58. The van der Waals surface area contributed by atoms with Gasteiger partial charge in [-0.2, -0.15) is 0 Å². The van der Waals surface area contributed by atoms with Crippen LogP contribution in [0, 0.1) is 5.92 Å². The highest BCUT2D eigenvalue weighted by Crippen LogP contribution is 2.15. The molecule has 6 nitrogen and oxygen atoms in total. The molecule has 1 aromatic rings. The largest absolute Gasteiger partial charge is 0.344 e. The van der Waals surface area contributed by atoms with Crippen LogP contribution in [0.5, 0.6) is 0 Å². The van der Waals surface area contributed by atoms with Crippen molar-refractivity contribution in [3.05, 3.63) is 21.0 Å². The predicted molar refractivity (Wildman–Crippen MR) is 55.9 cm³/mol. The molecule has 1 fully saturated rings. The second-order valence-electron chi connectivity index (χ2n) is 3.99. The Morgan fingerprint density at radius 3 is 2.33 bits per heavy atom. The Bertz CT molecular complexity index is 383. The van der Waals surface area contributed by atoms with Crippen molar-refractivity contribution in [3.8, 4) is 0 Å². The molecule has 2 rings (SSSR count). The van der Waals surface area contributed by atoms with Crippen LogP contribution in [0.4, 0.5) is 0 Å². The van der Waals surface area contributed by atoms with Crippen molar-refractivity contribution in [1.29, 1.82) is 0 Å². The van der Waals surface area contributed by atoms with Gasteiger partial charge < -0.3 is 5.32 Å². The van der Waals surface area contributed by atoms with Crippen LogP contribution in [0.1, 0.15) is 19.3 Å². The summed E-state index contributed by atoms with van der Waals surface area (Å²) in [5.74, 6) is 0.632. The predicted octanol–water partition coefficient (Wildman–Crippen LogP) is -0.746. The van der Waals surface area contributed by atoms with Gasteiger partial charge in [0, 0.05) is 6.54 Å². The molecular weight excluding hydrogens is 196 g/mol. The molecule has 84 valence electrons. The van der Waals surface area contributed by atoms with Crippen molar-refractivity contribution in [2.24, 2.45) is 5.92 Å². The highest BCUT2D eigenvalue weighted by atomic mass is 16.2. The van der Waals surface area contributed by atoms with E-state index < -0.39 is 0 Å². The number of H-pyrrole nitrogens is 2. The fourth-order valence-electron chi connectivity index (χ4n) is 2.02. The van der Waals surface area contributed by atoms with Crippen molar-refractivity contribution in [2.45, 2.75) is 25.8 Å². The van der Waals surface area contributed by atoms with Crippen molar-refractivity contribution in [2.75, 3.05) is 13.1 Å². The first kappa shape index (κ1) is 10.2. The van der Waals surface area contributed by atoms with Crippen LogP contribution in [0.25, 0.3) is 0 Å². The molecule has 1 aromatic heterocycles. The van der Waals surface area contributed by atoms with Gasteiger partial charge in [-0.1, -0.05) is 0 Å². The van der Waals surface area contributed by atoms with Crippen LogP contribution in [0.3, 0.4) is 0 Å². The van der Waals surface area contributed by atoms with Crippen LogP contribution in [-0.2, 0) is 6.54 Å². The number of aromatic nitrogens is 3. The molecule has 0 atom stereocenters. The van der Waals surface area contributed by atoms with Crippen molar-refractivity contribution in [3.63, 3.8) is 0 Å². The lowest BCUT2D eigenvalue weighted by Crippen LogP contribution is -2.31. The van der Waals surface area contributed by atoms with Gasteiger partial charge in [-0.3, -0.25) is 0 Å². The van der Waals surface area contributed by atoms with Crippen LogP contribution in [0.2, 0.25) is 0 Å². The number of nitrogens with one attached hydrogen (secondary N) is 3. The smallest absolute Gasteiger partial charge is 0.317 e. The summed E-state index contributed by atoms with van der Waals surface area (Å²) in [7, 11) is 0. The second kappa shape index (κ2) is 4.48. The number of hydrogen-bond acceptors (Lipinski definition) is 3. The van der Waals surface area contributed by atoms with E-state index in [0.717, 1.165) is 32.4 Å². The first-order valence-corrected chi connectivity index (χ1v) is 5.35. The summed E-state index contributed by atoms with van der Waals surface area (Å²) >= 11 is 0. The Morgan fingerprint density at radius 2 is 1.73 bits per heavy atom. The van der Waals surface area contributed by atoms with Crippen molar-refractivity contribution < 1.29 is 0 Å². The van der Waals surface area contributed by atoms with E-state index in [4.69, 9.17) is 0 Å². The molecule has 6 heteroatoms. The molecular formula is C9H16N4O2. The third-order valence-electron chi connectivity index (χ3n) is 2.99. The molecule has 1 aliphatic heterocycles. The number of piperidine rings is 1. The summed E-state index contributed by atoms with van der Waals surface area (Å²) in [5.41, 5.74) is -0.678. The van der Waals surface area contributed by atoms with E-state index in [1.165, 1.54) is 4.57 Å². The average Bonchev–Trinajstić information content (AvgIpc) is 2.58. The monoisotopic (exact) mass is 212 g/mol. The quantitative estimate of drug-likeness (QED) is 0.616. The maximum Gasteiger partial charge on any atom is 0.344 e. The Balaban J connectivity index is 1.92. The third-order valence-corrected chi connectivity index (χ3v) is 2.99. The fourth-order valence-corrected chi connectivity index (χ4v) is 2.02. The van der Waals surface area contributed by atoms with Gasteiger partial charge in [0.15, 0.2) is 0 Å². The first-order chi connectivity index (χ1) is 7.27. The molecule has 3 N–H and O–H groups in total. The summed E-state index contributed by atoms with van der Waals surface area (Å²) in [4.78, 5) is 22.4. The molecule has 0 radical (unpaired) electrons. The van der Waals surface area contributed by atoms with Crippen molar-refractivity contribution in [1.82, 2.24) is 20.1 Å². The topological polar surface area (TPSA) is 82.7 Å². The summed E-state index contributed by atoms with van der Waals surface area (Å²) in [6.07, 6.45) is 3.18. The Morgan fingerprint density at radius 1 is 1.13 bits per heavy atom. The molecule has 0 spiro atoms. The number of rotatable bonds is 3. The lowest BCUT2D eigenvalue weighted by atomic mass is 9.95. The molecule has 1 aliphatic rings. The number of nitrogens with zero attached hydrogens (tertiary/aromatic N) is 1. The van der Waals surface area contributed by atoms with Gasteiger partial charge in [0.2, 0.25) is 0 Å². The van der Waals surface area contributed by atoms with E-state index in [0.29, 0.717) is 12.5 Å². The van der Waals surface area contributed by atoms with Gasteiger partial charge in [-0.25, -0.2) is 24.4 Å². The van der Waals surface area contributed by atoms with E-state index in [1.807, 2.05) is 0 Å². The van der Waals surface area contributed by atoms with Gasteiger partial charge >= 0.3 is 11.4 Å². The van der Waals surface area contributed by atoms with Crippen LogP contribution < -0.4 is 16.7 Å². The van der Waals surface area contributed by atoms with Gasteiger partial charge in [-0.15, -0.1) is 0 Å². The van der Waals surface area contributed by atoms with Crippen LogP contribution in [0.15, 0.2) is 9.59 Å². The number of aromatic amines is 2. The summed E-state index contributed by atoms with van der Waals surface area (Å²) in [5, 5.41) is 7.85. The molecule has 0 amide bonds. The molecule has 0 saturated carbocycles. The highest BCUT2D eigenvalue weighted by molar-refractivity contribution is 4.71. The van der Waals surface area contributed by atoms with E-state index >= 15 is 0 Å². The highest BCUT2D eigenvalue weighted by Gasteiger charge is 2.13. The van der Waals surface area contributed by atoms with Gasteiger partial charge in [0.1, 0.15) is 0 Å².